The predicted octanol–water partition coefficient (Wildman–Crippen LogP) is 2.45. The first kappa shape index (κ1) is 10.4. The molecule has 1 amide bonds. The highest BCUT2D eigenvalue weighted by Crippen LogP contribution is 2.24. The van der Waals surface area contributed by atoms with E-state index in [2.05, 4.69) is 5.32 Å². The van der Waals surface area contributed by atoms with E-state index in [4.69, 9.17) is 4.42 Å². The van der Waals surface area contributed by atoms with Gasteiger partial charge < -0.3 is 9.73 Å². The molecular formula is C12H10FNO2. The van der Waals surface area contributed by atoms with Gasteiger partial charge in [-0.3, -0.25) is 4.79 Å². The van der Waals surface area contributed by atoms with Crippen molar-refractivity contribution in [3.8, 4) is 11.3 Å². The smallest absolute Gasteiger partial charge is 0.251 e. The summed E-state index contributed by atoms with van der Waals surface area (Å²) >= 11 is 0. The Morgan fingerprint density at radius 2 is 2.19 bits per heavy atom. The molecule has 0 saturated carbocycles. The van der Waals surface area contributed by atoms with Crippen LogP contribution < -0.4 is 5.32 Å². The van der Waals surface area contributed by atoms with Gasteiger partial charge in [-0.05, 0) is 30.3 Å². The Labute approximate surface area is 91.9 Å². The van der Waals surface area contributed by atoms with Gasteiger partial charge in [-0.25, -0.2) is 4.39 Å². The van der Waals surface area contributed by atoms with Crippen molar-refractivity contribution in [2.24, 2.45) is 0 Å². The lowest BCUT2D eigenvalue weighted by Crippen LogP contribution is -2.18. The minimum atomic E-state index is -0.450. The number of halogens is 1. The molecule has 0 fully saturated rings. The van der Waals surface area contributed by atoms with Crippen LogP contribution in [-0.2, 0) is 0 Å². The number of carbonyl (C=O) groups is 1. The second-order valence-electron chi connectivity index (χ2n) is 3.25. The van der Waals surface area contributed by atoms with Crippen molar-refractivity contribution in [3.63, 3.8) is 0 Å². The van der Waals surface area contributed by atoms with Gasteiger partial charge in [0.1, 0.15) is 11.6 Å². The molecule has 0 bridgehead atoms. The van der Waals surface area contributed by atoms with Crippen LogP contribution in [-0.4, -0.2) is 13.0 Å². The molecule has 0 radical (unpaired) electrons. The average molecular weight is 219 g/mol. The zero-order valence-electron chi connectivity index (χ0n) is 8.66. The second kappa shape index (κ2) is 4.18. The van der Waals surface area contributed by atoms with Gasteiger partial charge in [0.15, 0.2) is 0 Å². The third kappa shape index (κ3) is 1.82. The summed E-state index contributed by atoms with van der Waals surface area (Å²) in [7, 11) is 1.50. The van der Waals surface area contributed by atoms with E-state index in [1.807, 2.05) is 0 Å². The fraction of sp³-hybridized carbons (Fsp3) is 0.0833. The van der Waals surface area contributed by atoms with Gasteiger partial charge in [-0.2, -0.15) is 0 Å². The molecular weight excluding hydrogens is 209 g/mol. The lowest BCUT2D eigenvalue weighted by molar-refractivity contribution is 0.0963. The molecule has 1 aromatic heterocycles. The van der Waals surface area contributed by atoms with Crippen LogP contribution in [0.5, 0.6) is 0 Å². The number of rotatable bonds is 2. The summed E-state index contributed by atoms with van der Waals surface area (Å²) in [6.07, 6.45) is 1.51. The van der Waals surface area contributed by atoms with Crippen molar-refractivity contribution in [2.75, 3.05) is 7.05 Å². The number of carbonyl (C=O) groups excluding carboxylic acids is 1. The summed E-state index contributed by atoms with van der Waals surface area (Å²) in [6, 6.07) is 7.45. The average Bonchev–Trinajstić information content (AvgIpc) is 2.81. The molecule has 82 valence electrons. The van der Waals surface area contributed by atoms with Gasteiger partial charge in [-0.1, -0.05) is 0 Å². The van der Waals surface area contributed by atoms with E-state index in [0.29, 0.717) is 11.3 Å². The number of hydrogen-bond acceptors (Lipinski definition) is 2. The number of nitrogens with one attached hydrogen (secondary N) is 1. The lowest BCUT2D eigenvalue weighted by atomic mass is 10.0. The fourth-order valence-electron chi connectivity index (χ4n) is 1.49. The largest absolute Gasteiger partial charge is 0.464 e. The maximum atomic E-state index is 13.1. The van der Waals surface area contributed by atoms with Crippen LogP contribution in [0.3, 0.4) is 0 Å². The van der Waals surface area contributed by atoms with Crippen LogP contribution in [0.2, 0.25) is 0 Å². The lowest BCUT2D eigenvalue weighted by Gasteiger charge is -2.05. The van der Waals surface area contributed by atoms with Gasteiger partial charge in [0, 0.05) is 12.6 Å². The summed E-state index contributed by atoms with van der Waals surface area (Å²) in [5.41, 5.74) is 0.836. The molecule has 4 heteroatoms. The zero-order valence-corrected chi connectivity index (χ0v) is 8.66. The molecule has 0 unspecified atom stereocenters. The maximum Gasteiger partial charge on any atom is 0.251 e. The van der Waals surface area contributed by atoms with Crippen LogP contribution in [0.15, 0.2) is 41.0 Å². The molecule has 3 nitrogen and oxygen atoms in total. The molecule has 2 rings (SSSR count). The van der Waals surface area contributed by atoms with Gasteiger partial charge in [0.25, 0.3) is 5.91 Å². The van der Waals surface area contributed by atoms with Crippen molar-refractivity contribution in [1.82, 2.24) is 5.32 Å². The van der Waals surface area contributed by atoms with Crippen molar-refractivity contribution < 1.29 is 13.6 Å². The van der Waals surface area contributed by atoms with E-state index in [-0.39, 0.29) is 11.5 Å². The third-order valence-electron chi connectivity index (χ3n) is 2.24. The summed E-state index contributed by atoms with van der Waals surface area (Å²) < 4.78 is 18.3. The molecule has 0 aliphatic carbocycles. The topological polar surface area (TPSA) is 42.2 Å². The van der Waals surface area contributed by atoms with Crippen LogP contribution in [0.1, 0.15) is 10.4 Å². The molecule has 1 heterocycles. The minimum absolute atomic E-state index is 0.262. The molecule has 1 aromatic carbocycles. The molecule has 1 N–H and O–H groups in total. The van der Waals surface area contributed by atoms with Gasteiger partial charge >= 0.3 is 0 Å². The minimum Gasteiger partial charge on any atom is -0.464 e. The highest BCUT2D eigenvalue weighted by atomic mass is 19.1. The van der Waals surface area contributed by atoms with Crippen LogP contribution in [0.25, 0.3) is 11.3 Å². The number of hydrogen-bond donors (Lipinski definition) is 1. The summed E-state index contributed by atoms with van der Waals surface area (Å²) in [5, 5.41) is 2.46. The highest BCUT2D eigenvalue weighted by molar-refractivity contribution is 6.00. The Bertz CT molecular complexity index is 506. The predicted molar refractivity (Wildman–Crippen MR) is 57.5 cm³/mol. The Morgan fingerprint density at radius 3 is 2.81 bits per heavy atom. The first-order valence-electron chi connectivity index (χ1n) is 4.78. The van der Waals surface area contributed by atoms with E-state index < -0.39 is 5.82 Å². The Kier molecular flexibility index (Phi) is 2.72. The summed E-state index contributed by atoms with van der Waals surface area (Å²) in [6.45, 7) is 0. The van der Waals surface area contributed by atoms with Gasteiger partial charge in [0.05, 0.1) is 11.8 Å². The van der Waals surface area contributed by atoms with E-state index >= 15 is 0 Å². The molecule has 0 aliphatic rings. The molecule has 16 heavy (non-hydrogen) atoms. The number of furan rings is 1. The first-order valence-corrected chi connectivity index (χ1v) is 4.78. The highest BCUT2D eigenvalue weighted by Gasteiger charge is 2.14. The molecule has 2 aromatic rings. The summed E-state index contributed by atoms with van der Waals surface area (Å²) in [4.78, 5) is 11.6. The standard InChI is InChI=1S/C12H10FNO2/c1-14-12(15)10-7-8(13)4-5-9(10)11-3-2-6-16-11/h2-7H,1H3,(H,14,15). The SMILES string of the molecule is CNC(=O)c1cc(F)ccc1-c1ccco1. The second-order valence-corrected chi connectivity index (χ2v) is 3.25. The van der Waals surface area contributed by atoms with Crippen LogP contribution in [0.4, 0.5) is 4.39 Å². The normalized spacial score (nSPS) is 10.1. The third-order valence-corrected chi connectivity index (χ3v) is 2.24. The van der Waals surface area contributed by atoms with Gasteiger partial charge in [0.2, 0.25) is 0 Å². The van der Waals surface area contributed by atoms with Crippen LogP contribution >= 0.6 is 0 Å². The molecule has 0 saturated heterocycles. The van der Waals surface area contributed by atoms with Gasteiger partial charge in [-0.15, -0.1) is 0 Å². The van der Waals surface area contributed by atoms with E-state index in [9.17, 15) is 9.18 Å². The Balaban J connectivity index is 2.57. The van der Waals surface area contributed by atoms with Crippen molar-refractivity contribution >= 4 is 5.91 Å². The maximum absolute atomic E-state index is 13.1. The van der Waals surface area contributed by atoms with E-state index in [0.717, 1.165) is 0 Å². The monoisotopic (exact) mass is 219 g/mol. The van der Waals surface area contributed by atoms with Crippen LogP contribution in [0, 0.1) is 5.82 Å². The van der Waals surface area contributed by atoms with Crippen molar-refractivity contribution in [2.45, 2.75) is 0 Å². The Morgan fingerprint density at radius 1 is 1.38 bits per heavy atom. The molecule has 0 atom stereocenters. The van der Waals surface area contributed by atoms with E-state index in [1.165, 1.54) is 31.5 Å². The fourth-order valence-corrected chi connectivity index (χ4v) is 1.49. The van der Waals surface area contributed by atoms with Crippen molar-refractivity contribution in [3.05, 3.63) is 48.0 Å². The first-order chi connectivity index (χ1) is 7.72. The zero-order chi connectivity index (χ0) is 11.5. The molecule has 0 spiro atoms. The number of benzene rings is 1. The van der Waals surface area contributed by atoms with E-state index in [1.54, 1.807) is 12.1 Å². The van der Waals surface area contributed by atoms with Crippen molar-refractivity contribution in [1.29, 1.82) is 0 Å². The Hall–Kier alpha value is -2.10. The summed E-state index contributed by atoms with van der Waals surface area (Å²) in [5.74, 6) is -0.251. The quantitative estimate of drug-likeness (QED) is 0.842. The molecule has 0 aliphatic heterocycles. The number of amides is 1.